The summed E-state index contributed by atoms with van der Waals surface area (Å²) in [5.41, 5.74) is 0.810. The summed E-state index contributed by atoms with van der Waals surface area (Å²) in [5.74, 6) is -0.319. The molecule has 2 aromatic heterocycles. The van der Waals surface area contributed by atoms with Crippen LogP contribution in [0.15, 0.2) is 34.4 Å². The highest BCUT2D eigenvalue weighted by Gasteiger charge is 2.13. The molecule has 0 unspecified atom stereocenters. The molecule has 22 heavy (non-hydrogen) atoms. The molecule has 0 aliphatic heterocycles. The van der Waals surface area contributed by atoms with Gasteiger partial charge in [-0.15, -0.1) is 11.3 Å². The molecule has 0 aromatic carbocycles. The van der Waals surface area contributed by atoms with Crippen LogP contribution in [0.2, 0.25) is 0 Å². The van der Waals surface area contributed by atoms with Gasteiger partial charge in [0.1, 0.15) is 0 Å². The zero-order valence-electron chi connectivity index (χ0n) is 12.5. The number of carbonyl (C=O) groups excluding carboxylic acids is 1. The second-order valence-corrected chi connectivity index (χ2v) is 6.19. The molecular formula is C16H20N2O3S. The molecule has 3 N–H and O–H groups in total. The highest BCUT2D eigenvalue weighted by Crippen LogP contribution is 2.14. The van der Waals surface area contributed by atoms with E-state index in [1.54, 1.807) is 17.4 Å². The number of pyridine rings is 1. The lowest BCUT2D eigenvalue weighted by molar-refractivity contribution is 0.0939. The van der Waals surface area contributed by atoms with Gasteiger partial charge in [-0.1, -0.05) is 13.0 Å². The van der Waals surface area contributed by atoms with Crippen molar-refractivity contribution in [1.29, 1.82) is 0 Å². The van der Waals surface area contributed by atoms with Crippen molar-refractivity contribution in [2.24, 2.45) is 5.92 Å². The first-order valence-corrected chi connectivity index (χ1v) is 8.15. The maximum Gasteiger partial charge on any atom is 0.251 e. The van der Waals surface area contributed by atoms with Crippen molar-refractivity contribution in [1.82, 2.24) is 10.3 Å². The molecule has 0 saturated heterocycles. The minimum absolute atomic E-state index is 0.00770. The predicted octanol–water partition coefficient (Wildman–Crippen LogP) is 1.58. The van der Waals surface area contributed by atoms with E-state index in [1.807, 2.05) is 24.4 Å². The molecule has 2 rings (SSSR count). The lowest BCUT2D eigenvalue weighted by Gasteiger charge is -2.14. The SMILES string of the molecule is CCc1cc(C(=O)NC[C@H](CO)Cc2cccs2)cc(=O)[nH]1. The van der Waals surface area contributed by atoms with E-state index < -0.39 is 0 Å². The van der Waals surface area contributed by atoms with Crippen molar-refractivity contribution in [3.8, 4) is 0 Å². The normalized spacial score (nSPS) is 12.1. The van der Waals surface area contributed by atoms with Crippen LogP contribution in [0.3, 0.4) is 0 Å². The highest BCUT2D eigenvalue weighted by atomic mass is 32.1. The van der Waals surface area contributed by atoms with Crippen LogP contribution < -0.4 is 10.9 Å². The number of nitrogens with one attached hydrogen (secondary N) is 2. The lowest BCUT2D eigenvalue weighted by Crippen LogP contribution is -2.32. The van der Waals surface area contributed by atoms with Crippen LogP contribution in [-0.4, -0.2) is 29.1 Å². The summed E-state index contributed by atoms with van der Waals surface area (Å²) in [6.07, 6.45) is 1.39. The van der Waals surface area contributed by atoms with Crippen molar-refractivity contribution in [3.63, 3.8) is 0 Å². The molecule has 1 atom stereocenters. The molecule has 0 fully saturated rings. The Morgan fingerprint density at radius 3 is 2.91 bits per heavy atom. The Morgan fingerprint density at radius 2 is 2.27 bits per heavy atom. The summed E-state index contributed by atoms with van der Waals surface area (Å²) >= 11 is 1.63. The van der Waals surface area contributed by atoms with Crippen LogP contribution in [-0.2, 0) is 12.8 Å². The number of rotatable bonds is 7. The molecule has 2 aromatic rings. The van der Waals surface area contributed by atoms with Crippen LogP contribution in [0, 0.1) is 5.92 Å². The highest BCUT2D eigenvalue weighted by molar-refractivity contribution is 7.09. The van der Waals surface area contributed by atoms with Gasteiger partial charge < -0.3 is 15.4 Å². The zero-order valence-corrected chi connectivity index (χ0v) is 13.3. The first kappa shape index (κ1) is 16.5. The number of aromatic amines is 1. The van der Waals surface area contributed by atoms with Gasteiger partial charge >= 0.3 is 0 Å². The summed E-state index contributed by atoms with van der Waals surface area (Å²) in [5, 5.41) is 14.2. The number of carbonyl (C=O) groups is 1. The molecular weight excluding hydrogens is 300 g/mol. The third-order valence-corrected chi connectivity index (χ3v) is 4.32. The molecule has 0 radical (unpaired) electrons. The second-order valence-electron chi connectivity index (χ2n) is 5.15. The van der Waals surface area contributed by atoms with Gasteiger partial charge in [-0.3, -0.25) is 9.59 Å². The van der Waals surface area contributed by atoms with Gasteiger partial charge in [0.2, 0.25) is 5.56 Å². The topological polar surface area (TPSA) is 82.2 Å². The van der Waals surface area contributed by atoms with Gasteiger partial charge in [-0.05, 0) is 30.4 Å². The Hall–Kier alpha value is -1.92. The number of aliphatic hydroxyl groups is 1. The van der Waals surface area contributed by atoms with Gasteiger partial charge in [-0.2, -0.15) is 0 Å². The number of amides is 1. The fourth-order valence-electron chi connectivity index (χ4n) is 2.18. The Bertz CT molecular complexity index is 664. The van der Waals surface area contributed by atoms with E-state index in [9.17, 15) is 14.7 Å². The number of hydrogen-bond donors (Lipinski definition) is 3. The Morgan fingerprint density at radius 1 is 1.45 bits per heavy atom. The molecule has 118 valence electrons. The molecule has 0 saturated carbocycles. The van der Waals surface area contributed by atoms with E-state index in [4.69, 9.17) is 0 Å². The summed E-state index contributed by atoms with van der Waals surface area (Å²) in [6.45, 7) is 2.30. The van der Waals surface area contributed by atoms with Gasteiger partial charge in [0.25, 0.3) is 5.91 Å². The van der Waals surface area contributed by atoms with Gasteiger partial charge in [0.05, 0.1) is 0 Å². The summed E-state index contributed by atoms with van der Waals surface area (Å²) in [6, 6.07) is 6.96. The lowest BCUT2D eigenvalue weighted by atomic mass is 10.1. The second kappa shape index (κ2) is 7.91. The van der Waals surface area contributed by atoms with Crippen molar-refractivity contribution < 1.29 is 9.90 Å². The predicted molar refractivity (Wildman–Crippen MR) is 87.4 cm³/mol. The number of hydrogen-bond acceptors (Lipinski definition) is 4. The van der Waals surface area contributed by atoms with E-state index in [0.29, 0.717) is 18.5 Å². The quantitative estimate of drug-likeness (QED) is 0.724. The summed E-state index contributed by atoms with van der Waals surface area (Å²) in [4.78, 5) is 27.5. The number of thiophene rings is 1. The average Bonchev–Trinajstić information content (AvgIpc) is 3.03. The van der Waals surface area contributed by atoms with Crippen molar-refractivity contribution in [2.45, 2.75) is 19.8 Å². The fourth-order valence-corrected chi connectivity index (χ4v) is 3.00. The molecule has 0 aliphatic rings. The molecule has 6 heteroatoms. The molecule has 2 heterocycles. The van der Waals surface area contributed by atoms with E-state index in [2.05, 4.69) is 10.3 Å². The molecule has 0 bridgehead atoms. The van der Waals surface area contributed by atoms with Crippen LogP contribution >= 0.6 is 11.3 Å². The Labute approximate surface area is 133 Å². The minimum atomic E-state index is -0.287. The first-order chi connectivity index (χ1) is 10.6. The van der Waals surface area contributed by atoms with Gasteiger partial charge in [0, 0.05) is 41.3 Å². The van der Waals surface area contributed by atoms with Gasteiger partial charge in [-0.25, -0.2) is 0 Å². The Balaban J connectivity index is 1.96. The largest absolute Gasteiger partial charge is 0.396 e. The van der Waals surface area contributed by atoms with Crippen molar-refractivity contribution in [3.05, 3.63) is 56.1 Å². The maximum atomic E-state index is 12.1. The fraction of sp³-hybridized carbons (Fsp3) is 0.375. The molecule has 1 amide bonds. The summed E-state index contributed by atoms with van der Waals surface area (Å²) < 4.78 is 0. The van der Waals surface area contributed by atoms with E-state index >= 15 is 0 Å². The van der Waals surface area contributed by atoms with Crippen molar-refractivity contribution in [2.75, 3.05) is 13.2 Å². The van der Waals surface area contributed by atoms with Crippen LogP contribution in [0.5, 0.6) is 0 Å². The van der Waals surface area contributed by atoms with Crippen molar-refractivity contribution >= 4 is 17.2 Å². The van der Waals surface area contributed by atoms with E-state index in [0.717, 1.165) is 12.1 Å². The monoisotopic (exact) mass is 320 g/mol. The summed E-state index contributed by atoms with van der Waals surface area (Å²) in [7, 11) is 0. The van der Waals surface area contributed by atoms with E-state index in [1.165, 1.54) is 10.9 Å². The maximum absolute atomic E-state index is 12.1. The molecule has 0 aliphatic carbocycles. The third kappa shape index (κ3) is 4.54. The first-order valence-electron chi connectivity index (χ1n) is 7.27. The number of aromatic nitrogens is 1. The average molecular weight is 320 g/mol. The van der Waals surface area contributed by atoms with Crippen LogP contribution in [0.25, 0.3) is 0 Å². The standard InChI is InChI=1S/C16H20N2O3S/c1-2-13-7-12(8-15(20)18-13)16(21)17-9-11(10-19)6-14-4-3-5-22-14/h3-5,7-8,11,19H,2,6,9-10H2,1H3,(H,17,21)(H,18,20)/t11-/m1/s1. The molecule has 0 spiro atoms. The Kier molecular flexibility index (Phi) is 5.91. The smallest absolute Gasteiger partial charge is 0.251 e. The van der Waals surface area contributed by atoms with Crippen LogP contribution in [0.4, 0.5) is 0 Å². The number of aliphatic hydroxyl groups excluding tert-OH is 1. The third-order valence-electron chi connectivity index (χ3n) is 3.42. The van der Waals surface area contributed by atoms with E-state index in [-0.39, 0.29) is 24.0 Å². The molecule has 5 nitrogen and oxygen atoms in total. The minimum Gasteiger partial charge on any atom is -0.396 e. The van der Waals surface area contributed by atoms with Crippen LogP contribution in [0.1, 0.15) is 27.9 Å². The van der Waals surface area contributed by atoms with Gasteiger partial charge in [0.15, 0.2) is 0 Å². The number of aryl methyl sites for hydroxylation is 1. The number of H-pyrrole nitrogens is 1. The zero-order chi connectivity index (χ0) is 15.9.